The number of ketones is 1. The quantitative estimate of drug-likeness (QED) is 0.0735. The van der Waals surface area contributed by atoms with Gasteiger partial charge >= 0.3 is 16.2 Å². The number of thiazole rings is 1. The van der Waals surface area contributed by atoms with E-state index in [-0.39, 0.29) is 17.6 Å². The van der Waals surface area contributed by atoms with Gasteiger partial charge in [-0.15, -0.1) is 9.38 Å². The molecular weight excluding hydrogens is 490 g/mol. The van der Waals surface area contributed by atoms with Crippen LogP contribution in [0.1, 0.15) is 22.5 Å². The number of carbonyl (C=O) groups excluding carboxylic acids is 2. The maximum atomic E-state index is 11.2. The minimum Gasteiger partial charge on any atom is -0.545 e. The van der Waals surface area contributed by atoms with Crippen molar-refractivity contribution in [3.05, 3.63) is 59.1 Å². The highest BCUT2D eigenvalue weighted by molar-refractivity contribution is 7.98. The molecule has 0 bridgehead atoms. The van der Waals surface area contributed by atoms with Gasteiger partial charge in [0.15, 0.2) is 5.78 Å². The Morgan fingerprint density at radius 1 is 1.18 bits per heavy atom. The molecular formula is C18H23N7O5S3. The second-order valence-corrected chi connectivity index (χ2v) is 9.18. The molecule has 1 aromatic heterocycles. The van der Waals surface area contributed by atoms with Crippen molar-refractivity contribution in [2.75, 3.05) is 5.75 Å². The van der Waals surface area contributed by atoms with Crippen molar-refractivity contribution in [1.29, 1.82) is 0 Å². The average Bonchev–Trinajstić information content (AvgIpc) is 3.15. The second-order valence-electron chi connectivity index (χ2n) is 6.01. The molecule has 0 radical (unpaired) electrons. The number of hydrogen-bond acceptors (Lipinski definition) is 8. The van der Waals surface area contributed by atoms with Crippen LogP contribution < -0.4 is 32.4 Å². The molecule has 2 aromatic rings. The van der Waals surface area contributed by atoms with Crippen LogP contribution in [0.3, 0.4) is 0 Å². The van der Waals surface area contributed by atoms with Crippen molar-refractivity contribution in [3.8, 4) is 0 Å². The number of carboxylic acid groups (broad SMARTS) is 1. The zero-order valence-corrected chi connectivity index (χ0v) is 19.7. The van der Waals surface area contributed by atoms with Crippen LogP contribution in [-0.2, 0) is 20.8 Å². The predicted octanol–water partition coefficient (Wildman–Crippen LogP) is -2.51. The Hall–Kier alpha value is -3.27. The number of nitrogens with one attached hydrogen (secondary N) is 1. The first kappa shape index (κ1) is 27.8. The van der Waals surface area contributed by atoms with E-state index in [4.69, 9.17) is 22.3 Å². The molecule has 1 heterocycles. The molecule has 9 N–H and O–H groups in total. The van der Waals surface area contributed by atoms with Gasteiger partial charge < -0.3 is 27.1 Å². The summed E-state index contributed by atoms with van der Waals surface area (Å²) in [6, 6.07) is 8.42. The fourth-order valence-electron chi connectivity index (χ4n) is 1.96. The lowest BCUT2D eigenvalue weighted by molar-refractivity contribution is -0.355. The monoisotopic (exact) mass is 513 g/mol. The van der Waals surface area contributed by atoms with Gasteiger partial charge in [-0.05, 0) is 12.2 Å². The number of guanidine groups is 1. The van der Waals surface area contributed by atoms with E-state index >= 15 is 0 Å². The van der Waals surface area contributed by atoms with Crippen LogP contribution in [0, 0.1) is 0 Å². The summed E-state index contributed by atoms with van der Waals surface area (Å²) in [6.45, 7) is 0. The lowest BCUT2D eigenvalue weighted by Gasteiger charge is -1.98. The number of benzene rings is 1. The number of nitrogens with two attached hydrogens (primary N) is 4. The highest BCUT2D eigenvalue weighted by Gasteiger charge is 2.06. The summed E-state index contributed by atoms with van der Waals surface area (Å²) >= 11 is 2.93. The molecule has 178 valence electrons. The number of amidine groups is 1. The van der Waals surface area contributed by atoms with E-state index in [0.29, 0.717) is 28.6 Å². The Bertz CT molecular complexity index is 1130. The third-order valence-electron chi connectivity index (χ3n) is 3.23. The van der Waals surface area contributed by atoms with Crippen LogP contribution in [0.5, 0.6) is 0 Å². The van der Waals surface area contributed by atoms with Crippen LogP contribution >= 0.6 is 23.1 Å². The van der Waals surface area contributed by atoms with Gasteiger partial charge in [0.1, 0.15) is 11.5 Å². The number of nitrogens with zero attached hydrogens (tertiary/aromatic N) is 2. The Kier molecular flexibility index (Phi) is 11.8. The third-order valence-corrected chi connectivity index (χ3v) is 5.52. The Morgan fingerprint density at radius 3 is 2.42 bits per heavy atom. The molecule has 15 heteroatoms. The van der Waals surface area contributed by atoms with Crippen molar-refractivity contribution < 1.29 is 28.1 Å². The zero-order valence-electron chi connectivity index (χ0n) is 17.2. The summed E-state index contributed by atoms with van der Waals surface area (Å²) in [5.74, 6) is -0.368. The molecule has 0 spiro atoms. The molecule has 0 saturated heterocycles. The Labute approximate surface area is 198 Å². The van der Waals surface area contributed by atoms with Gasteiger partial charge in [-0.25, -0.2) is 10.1 Å². The molecule has 0 saturated carbocycles. The lowest BCUT2D eigenvalue weighted by Crippen LogP contribution is -2.72. The fraction of sp³-hybridized carbons (Fsp3) is 0.167. The number of carbonyl (C=O) groups is 2. The highest BCUT2D eigenvalue weighted by Crippen LogP contribution is 2.16. The first-order valence-corrected chi connectivity index (χ1v) is 12.5. The molecule has 0 amide bonds. The summed E-state index contributed by atoms with van der Waals surface area (Å²) in [4.78, 5) is 28.1. The summed E-state index contributed by atoms with van der Waals surface area (Å²) in [6.07, 6.45) is 2.03. The van der Waals surface area contributed by atoms with E-state index < -0.39 is 16.2 Å². The minimum atomic E-state index is -3.91. The van der Waals surface area contributed by atoms with E-state index in [2.05, 4.69) is 14.4 Å². The van der Waals surface area contributed by atoms with Gasteiger partial charge in [0.05, 0.1) is 5.97 Å². The molecule has 0 fully saturated rings. The molecule has 33 heavy (non-hydrogen) atoms. The van der Waals surface area contributed by atoms with Gasteiger partial charge in [-0.3, -0.25) is 4.79 Å². The molecule has 0 atom stereocenters. The Balaban J connectivity index is 0.000000361. The van der Waals surface area contributed by atoms with Gasteiger partial charge in [-0.1, -0.05) is 41.7 Å². The number of thioether (sulfide) groups is 1. The van der Waals surface area contributed by atoms with E-state index in [9.17, 15) is 23.1 Å². The summed E-state index contributed by atoms with van der Waals surface area (Å²) in [7, 11) is -3.91. The van der Waals surface area contributed by atoms with E-state index in [1.54, 1.807) is 42.1 Å². The smallest absolute Gasteiger partial charge is 0.318 e. The van der Waals surface area contributed by atoms with Crippen LogP contribution in [0.2, 0.25) is 0 Å². The summed E-state index contributed by atoms with van der Waals surface area (Å²) < 4.78 is 24.5. The molecule has 0 aliphatic carbocycles. The SMILES string of the molecule is NC(N)=[NH+]c1nc(CSCC/C(N)=N\S(N)(=O)=O)cs1.O=C([O-])/C=C/C(=O)c1ccccc1. The van der Waals surface area contributed by atoms with Crippen molar-refractivity contribution in [2.24, 2.45) is 26.7 Å². The van der Waals surface area contributed by atoms with Crippen molar-refractivity contribution in [3.63, 3.8) is 0 Å². The average molecular weight is 514 g/mol. The maximum absolute atomic E-state index is 11.2. The normalized spacial score (nSPS) is 11.5. The van der Waals surface area contributed by atoms with Crippen molar-refractivity contribution in [2.45, 2.75) is 12.2 Å². The first-order chi connectivity index (χ1) is 15.5. The molecule has 0 unspecified atom stereocenters. The van der Waals surface area contributed by atoms with Gasteiger partial charge in [-0.2, -0.15) is 20.2 Å². The van der Waals surface area contributed by atoms with E-state index in [1.165, 1.54) is 11.3 Å². The third kappa shape index (κ3) is 13.7. The topological polar surface area (TPSA) is 235 Å². The zero-order chi connectivity index (χ0) is 24.9. The lowest BCUT2D eigenvalue weighted by atomic mass is 10.1. The molecule has 12 nitrogen and oxygen atoms in total. The Morgan fingerprint density at radius 2 is 1.85 bits per heavy atom. The highest BCUT2D eigenvalue weighted by atomic mass is 32.2. The predicted molar refractivity (Wildman–Crippen MR) is 127 cm³/mol. The fourth-order valence-corrected chi connectivity index (χ4v) is 4.07. The standard InChI is InChI=1S/C10H8O3.C8H15N7O2S3/c11-9(6-7-10(12)13)8-4-2-1-3-5-8;9-6(15-20(12,16)17)1-2-18-3-5-4-19-8(13-5)14-7(10)11/h1-7H,(H,12,13);4H,1-3H2,(H2,9,15)(H2,12,16,17)(H4,10,11,13,14)/b7-6+;. The molecule has 1 aromatic carbocycles. The number of rotatable bonds is 10. The van der Waals surface area contributed by atoms with Crippen LogP contribution in [0.15, 0.2) is 52.3 Å². The molecule has 2 rings (SSSR count). The van der Waals surface area contributed by atoms with Gasteiger partial charge in [0.25, 0.3) is 5.13 Å². The van der Waals surface area contributed by atoms with E-state index in [0.717, 1.165) is 17.8 Å². The van der Waals surface area contributed by atoms with Crippen molar-refractivity contribution in [1.82, 2.24) is 4.98 Å². The largest absolute Gasteiger partial charge is 0.545 e. The van der Waals surface area contributed by atoms with Crippen LogP contribution in [-0.4, -0.2) is 42.7 Å². The second kappa shape index (κ2) is 14.0. The number of aromatic nitrogens is 1. The first-order valence-electron chi connectivity index (χ1n) is 8.99. The van der Waals surface area contributed by atoms with Gasteiger partial charge in [0.2, 0.25) is 0 Å². The molecule has 0 aliphatic heterocycles. The number of aliphatic carboxylic acids is 1. The van der Waals surface area contributed by atoms with Crippen LogP contribution in [0.25, 0.3) is 0 Å². The van der Waals surface area contributed by atoms with E-state index in [1.807, 2.05) is 5.38 Å². The van der Waals surface area contributed by atoms with Crippen molar-refractivity contribution >= 4 is 62.0 Å². The number of allylic oxidation sites excluding steroid dienone is 1. The van der Waals surface area contributed by atoms with Crippen LogP contribution in [0.4, 0.5) is 5.13 Å². The number of hydrogen-bond donors (Lipinski definition) is 5. The summed E-state index contributed by atoms with van der Waals surface area (Å²) in [5.41, 5.74) is 17.3. The number of carboxylic acids is 1. The molecule has 0 aliphatic rings. The van der Waals surface area contributed by atoms with Gasteiger partial charge in [0, 0.05) is 28.9 Å². The minimum absolute atomic E-state index is 0.00820. The maximum Gasteiger partial charge on any atom is 0.318 e. The summed E-state index contributed by atoms with van der Waals surface area (Å²) in [5, 5.41) is 17.2.